The summed E-state index contributed by atoms with van der Waals surface area (Å²) in [5.74, 6) is 0.442. The maximum atomic E-state index is 10.0. The van der Waals surface area contributed by atoms with Crippen molar-refractivity contribution in [2.45, 2.75) is 6.10 Å². The van der Waals surface area contributed by atoms with Crippen molar-refractivity contribution in [2.24, 2.45) is 0 Å². The summed E-state index contributed by atoms with van der Waals surface area (Å²) in [6, 6.07) is 12.1. The molecule has 1 unspecified atom stereocenters. The van der Waals surface area contributed by atoms with E-state index in [2.05, 4.69) is 0 Å². The Morgan fingerprint density at radius 3 is 2.63 bits per heavy atom. The van der Waals surface area contributed by atoms with Crippen LogP contribution in [0, 0.1) is 0 Å². The van der Waals surface area contributed by atoms with Crippen LogP contribution in [0.2, 0.25) is 10.0 Å². The number of anilines is 1. The van der Waals surface area contributed by atoms with Gasteiger partial charge in [0, 0.05) is 5.69 Å². The molecule has 0 aliphatic carbocycles. The fraction of sp³-hybridized carbons (Fsp3) is 0.143. The first-order chi connectivity index (χ1) is 9.08. The number of benzene rings is 2. The molecule has 2 aromatic rings. The van der Waals surface area contributed by atoms with Gasteiger partial charge in [-0.3, -0.25) is 0 Å². The van der Waals surface area contributed by atoms with E-state index in [1.54, 1.807) is 42.5 Å². The predicted molar refractivity (Wildman–Crippen MR) is 77.8 cm³/mol. The summed E-state index contributed by atoms with van der Waals surface area (Å²) in [4.78, 5) is 0. The minimum absolute atomic E-state index is 0.0729. The average Bonchev–Trinajstić information content (AvgIpc) is 2.40. The third-order valence-electron chi connectivity index (χ3n) is 2.61. The molecule has 0 aromatic heterocycles. The van der Waals surface area contributed by atoms with E-state index in [1.165, 1.54) is 0 Å². The molecule has 0 radical (unpaired) electrons. The zero-order chi connectivity index (χ0) is 13.8. The number of aliphatic hydroxyl groups is 1. The van der Waals surface area contributed by atoms with E-state index in [9.17, 15) is 5.11 Å². The lowest BCUT2D eigenvalue weighted by Crippen LogP contribution is -2.10. The number of nitrogen functional groups attached to an aromatic ring is 1. The second kappa shape index (κ2) is 6.15. The molecule has 3 N–H and O–H groups in total. The van der Waals surface area contributed by atoms with Gasteiger partial charge in [0.05, 0.1) is 5.02 Å². The van der Waals surface area contributed by atoms with Crippen molar-refractivity contribution >= 4 is 28.9 Å². The van der Waals surface area contributed by atoms with Crippen molar-refractivity contribution in [3.05, 3.63) is 58.1 Å². The molecule has 2 aromatic carbocycles. The van der Waals surface area contributed by atoms with Gasteiger partial charge in [0.15, 0.2) is 0 Å². The molecular weight excluding hydrogens is 285 g/mol. The summed E-state index contributed by atoms with van der Waals surface area (Å²) in [5, 5.41) is 10.8. The van der Waals surface area contributed by atoms with Gasteiger partial charge in [0.2, 0.25) is 0 Å². The maximum absolute atomic E-state index is 10.0. The van der Waals surface area contributed by atoms with Crippen LogP contribution in [0.4, 0.5) is 5.69 Å². The van der Waals surface area contributed by atoms with Crippen LogP contribution in [0.25, 0.3) is 0 Å². The topological polar surface area (TPSA) is 55.5 Å². The first kappa shape index (κ1) is 14.0. The average molecular weight is 298 g/mol. The van der Waals surface area contributed by atoms with Gasteiger partial charge < -0.3 is 15.6 Å². The zero-order valence-electron chi connectivity index (χ0n) is 10.0. The van der Waals surface area contributed by atoms with E-state index in [0.717, 1.165) is 0 Å². The summed E-state index contributed by atoms with van der Waals surface area (Å²) in [6.07, 6.45) is -0.779. The van der Waals surface area contributed by atoms with Crippen molar-refractivity contribution in [3.8, 4) is 5.75 Å². The molecule has 0 spiro atoms. The van der Waals surface area contributed by atoms with Crippen molar-refractivity contribution in [3.63, 3.8) is 0 Å². The highest BCUT2D eigenvalue weighted by molar-refractivity contribution is 6.42. The summed E-state index contributed by atoms with van der Waals surface area (Å²) in [6.45, 7) is 0.0729. The van der Waals surface area contributed by atoms with Crippen LogP contribution >= 0.6 is 23.2 Å². The highest BCUT2D eigenvalue weighted by Gasteiger charge is 2.11. The van der Waals surface area contributed by atoms with Crippen LogP contribution in [0.3, 0.4) is 0 Å². The number of rotatable bonds is 4. The Balaban J connectivity index is 2.04. The van der Waals surface area contributed by atoms with Gasteiger partial charge in [-0.15, -0.1) is 0 Å². The van der Waals surface area contributed by atoms with Crippen LogP contribution in [-0.4, -0.2) is 11.7 Å². The van der Waals surface area contributed by atoms with E-state index in [0.29, 0.717) is 27.0 Å². The third kappa shape index (κ3) is 3.53. The minimum atomic E-state index is -0.779. The largest absolute Gasteiger partial charge is 0.489 e. The second-order valence-electron chi connectivity index (χ2n) is 4.05. The summed E-state index contributed by atoms with van der Waals surface area (Å²) in [7, 11) is 0. The van der Waals surface area contributed by atoms with Gasteiger partial charge in [-0.1, -0.05) is 41.4 Å². The lowest BCUT2D eigenvalue weighted by molar-refractivity contribution is 0.108. The Morgan fingerprint density at radius 2 is 1.89 bits per heavy atom. The molecule has 0 aliphatic rings. The SMILES string of the molecule is Nc1cccc(C(O)COc2cccc(Cl)c2Cl)c1. The molecule has 0 bridgehead atoms. The number of hydrogen-bond donors (Lipinski definition) is 2. The van der Waals surface area contributed by atoms with Gasteiger partial charge in [-0.2, -0.15) is 0 Å². The molecule has 19 heavy (non-hydrogen) atoms. The number of aliphatic hydroxyl groups excluding tert-OH is 1. The van der Waals surface area contributed by atoms with Crippen LogP contribution in [0.5, 0.6) is 5.75 Å². The highest BCUT2D eigenvalue weighted by atomic mass is 35.5. The molecular formula is C14H13Cl2NO2. The Bertz CT molecular complexity index is 575. The van der Waals surface area contributed by atoms with Gasteiger partial charge >= 0.3 is 0 Å². The Hall–Kier alpha value is -1.42. The molecule has 5 heteroatoms. The molecule has 0 amide bonds. The maximum Gasteiger partial charge on any atom is 0.139 e. The molecule has 3 nitrogen and oxygen atoms in total. The van der Waals surface area contributed by atoms with E-state index < -0.39 is 6.10 Å². The van der Waals surface area contributed by atoms with Crippen molar-refractivity contribution in [2.75, 3.05) is 12.3 Å². The quantitative estimate of drug-likeness (QED) is 0.846. The monoisotopic (exact) mass is 297 g/mol. The summed E-state index contributed by atoms with van der Waals surface area (Å²) >= 11 is 11.9. The lowest BCUT2D eigenvalue weighted by Gasteiger charge is -2.14. The normalized spacial score (nSPS) is 12.2. The number of nitrogens with two attached hydrogens (primary N) is 1. The smallest absolute Gasteiger partial charge is 0.139 e. The van der Waals surface area contributed by atoms with E-state index in [1.807, 2.05) is 0 Å². The zero-order valence-corrected chi connectivity index (χ0v) is 11.5. The van der Waals surface area contributed by atoms with Gasteiger partial charge in [-0.05, 0) is 29.8 Å². The van der Waals surface area contributed by atoms with E-state index in [4.69, 9.17) is 33.7 Å². The van der Waals surface area contributed by atoms with Crippen molar-refractivity contribution in [1.29, 1.82) is 0 Å². The van der Waals surface area contributed by atoms with Crippen LogP contribution in [0.1, 0.15) is 11.7 Å². The fourth-order valence-electron chi connectivity index (χ4n) is 1.63. The molecule has 0 aliphatic heterocycles. The Labute approximate surface area is 121 Å². The molecule has 2 rings (SSSR count). The van der Waals surface area contributed by atoms with Gasteiger partial charge in [0.25, 0.3) is 0 Å². The van der Waals surface area contributed by atoms with E-state index >= 15 is 0 Å². The van der Waals surface area contributed by atoms with Gasteiger partial charge in [-0.25, -0.2) is 0 Å². The van der Waals surface area contributed by atoms with Crippen LogP contribution in [0.15, 0.2) is 42.5 Å². The predicted octanol–water partition coefficient (Wildman–Crippen LogP) is 3.69. The van der Waals surface area contributed by atoms with Crippen LogP contribution in [-0.2, 0) is 0 Å². The minimum Gasteiger partial charge on any atom is -0.489 e. The molecule has 0 fully saturated rings. The number of hydrogen-bond acceptors (Lipinski definition) is 3. The summed E-state index contributed by atoms with van der Waals surface area (Å²) < 4.78 is 5.47. The Kier molecular flexibility index (Phi) is 4.53. The number of ether oxygens (including phenoxy) is 1. The second-order valence-corrected chi connectivity index (χ2v) is 4.83. The number of halogens is 2. The van der Waals surface area contributed by atoms with E-state index in [-0.39, 0.29) is 6.61 Å². The van der Waals surface area contributed by atoms with Crippen LogP contribution < -0.4 is 10.5 Å². The third-order valence-corrected chi connectivity index (χ3v) is 3.41. The molecule has 1 atom stereocenters. The first-order valence-corrected chi connectivity index (χ1v) is 6.44. The highest BCUT2D eigenvalue weighted by Crippen LogP contribution is 2.32. The molecule has 100 valence electrons. The Morgan fingerprint density at radius 1 is 1.16 bits per heavy atom. The van der Waals surface area contributed by atoms with Crippen molar-refractivity contribution in [1.82, 2.24) is 0 Å². The lowest BCUT2D eigenvalue weighted by atomic mass is 10.1. The van der Waals surface area contributed by atoms with Crippen molar-refractivity contribution < 1.29 is 9.84 Å². The molecule has 0 saturated heterocycles. The standard InChI is InChI=1S/C14H13Cl2NO2/c15-11-5-2-6-13(14(11)16)19-8-12(18)9-3-1-4-10(17)7-9/h1-7,12,18H,8,17H2. The van der Waals surface area contributed by atoms with Gasteiger partial charge in [0.1, 0.15) is 23.5 Å². The molecule has 0 heterocycles. The summed E-state index contributed by atoms with van der Waals surface area (Å²) in [5.41, 5.74) is 6.94. The molecule has 0 saturated carbocycles. The fourth-order valence-corrected chi connectivity index (χ4v) is 1.97. The first-order valence-electron chi connectivity index (χ1n) is 5.68.